The van der Waals surface area contributed by atoms with Crippen LogP contribution in [0.2, 0.25) is 0 Å². The number of benzene rings is 1. The van der Waals surface area contributed by atoms with E-state index in [9.17, 15) is 23.3 Å². The Hall–Kier alpha value is -2.75. The third-order valence-corrected chi connectivity index (χ3v) is 4.14. The van der Waals surface area contributed by atoms with Crippen molar-refractivity contribution in [2.75, 3.05) is 13.7 Å². The molecule has 7 nitrogen and oxygen atoms in total. The van der Waals surface area contributed by atoms with Crippen LogP contribution in [0.1, 0.15) is 22.6 Å². The van der Waals surface area contributed by atoms with E-state index in [0.29, 0.717) is 43.1 Å². The topological polar surface area (TPSA) is 81.4 Å². The maximum Gasteiger partial charge on any atom is 0.451 e. The van der Waals surface area contributed by atoms with Crippen LogP contribution in [0.5, 0.6) is 5.75 Å². The van der Waals surface area contributed by atoms with Crippen LogP contribution in [0.4, 0.5) is 18.9 Å². The van der Waals surface area contributed by atoms with Crippen LogP contribution < -0.4 is 4.74 Å². The summed E-state index contributed by atoms with van der Waals surface area (Å²) in [5.74, 6) is -0.726. The van der Waals surface area contributed by atoms with Gasteiger partial charge in [-0.05, 0) is 6.07 Å². The number of fused-ring (bicyclic) bond motifs is 1. The van der Waals surface area contributed by atoms with Crippen molar-refractivity contribution in [3.05, 3.63) is 57.2 Å². The zero-order valence-corrected chi connectivity index (χ0v) is 13.8. The third kappa shape index (κ3) is 3.74. The maximum atomic E-state index is 12.7. The number of non-ortho nitro benzene ring substituents is 1. The van der Waals surface area contributed by atoms with Crippen LogP contribution in [0.3, 0.4) is 0 Å². The average molecular weight is 368 g/mol. The Bertz CT molecular complexity index is 842. The van der Waals surface area contributed by atoms with Crippen LogP contribution >= 0.6 is 0 Å². The number of methoxy groups -OCH3 is 1. The van der Waals surface area contributed by atoms with E-state index in [1.807, 2.05) is 4.90 Å². The molecule has 0 aliphatic carbocycles. The fourth-order valence-electron chi connectivity index (χ4n) is 2.86. The van der Waals surface area contributed by atoms with Crippen molar-refractivity contribution in [3.8, 4) is 5.75 Å². The molecule has 0 N–H and O–H groups in total. The largest absolute Gasteiger partial charge is 0.496 e. The van der Waals surface area contributed by atoms with Crippen LogP contribution in [0, 0.1) is 10.1 Å². The summed E-state index contributed by atoms with van der Waals surface area (Å²) in [6, 6.07) is 4.37. The Balaban J connectivity index is 1.77. The SMILES string of the molecule is COc1cc([N+](=O)[O-])ccc1CN1CCc2nc(C(F)(F)F)ncc2C1. The quantitative estimate of drug-likeness (QED) is 0.610. The molecule has 3 rings (SSSR count). The zero-order valence-electron chi connectivity index (χ0n) is 13.8. The van der Waals surface area contributed by atoms with E-state index in [0.717, 1.165) is 5.56 Å². The van der Waals surface area contributed by atoms with Gasteiger partial charge in [0.15, 0.2) is 0 Å². The third-order valence-electron chi connectivity index (χ3n) is 4.14. The lowest BCUT2D eigenvalue weighted by Gasteiger charge is -2.28. The van der Waals surface area contributed by atoms with E-state index in [2.05, 4.69) is 9.97 Å². The van der Waals surface area contributed by atoms with E-state index in [4.69, 9.17) is 4.74 Å². The standard InChI is InChI=1S/C16H15F3N4O3/c1-26-14-6-12(23(24)25)3-2-10(14)8-22-5-4-13-11(9-22)7-20-15(21-13)16(17,18)19/h2-3,6-7H,4-5,8-9H2,1H3. The second kappa shape index (κ2) is 6.87. The lowest BCUT2D eigenvalue weighted by Crippen LogP contribution is -2.31. The van der Waals surface area contributed by atoms with Crippen LogP contribution in [-0.4, -0.2) is 33.4 Å². The number of ether oxygens (including phenoxy) is 1. The van der Waals surface area contributed by atoms with Crippen LogP contribution in [0.25, 0.3) is 0 Å². The number of rotatable bonds is 4. The number of hydrogen-bond acceptors (Lipinski definition) is 6. The summed E-state index contributed by atoms with van der Waals surface area (Å²) in [7, 11) is 1.43. The number of alkyl halides is 3. The van der Waals surface area contributed by atoms with Crippen LogP contribution in [-0.2, 0) is 25.7 Å². The first kappa shape index (κ1) is 18.1. The van der Waals surface area contributed by atoms with Gasteiger partial charge in [0.1, 0.15) is 5.75 Å². The number of halogens is 3. The van der Waals surface area contributed by atoms with Gasteiger partial charge in [-0.15, -0.1) is 0 Å². The molecule has 0 spiro atoms. The highest BCUT2D eigenvalue weighted by Gasteiger charge is 2.35. The molecule has 0 radical (unpaired) electrons. The minimum absolute atomic E-state index is 0.0670. The minimum Gasteiger partial charge on any atom is -0.496 e. The molecule has 0 bridgehead atoms. The fourth-order valence-corrected chi connectivity index (χ4v) is 2.86. The molecule has 0 saturated heterocycles. The van der Waals surface area contributed by atoms with Gasteiger partial charge in [0.2, 0.25) is 5.82 Å². The summed E-state index contributed by atoms with van der Waals surface area (Å²) >= 11 is 0. The Morgan fingerprint density at radius 2 is 2.15 bits per heavy atom. The summed E-state index contributed by atoms with van der Waals surface area (Å²) in [4.78, 5) is 19.4. The summed E-state index contributed by atoms with van der Waals surface area (Å²) < 4.78 is 43.3. The molecule has 0 atom stereocenters. The van der Waals surface area contributed by atoms with Gasteiger partial charge >= 0.3 is 6.18 Å². The highest BCUT2D eigenvalue weighted by atomic mass is 19.4. The maximum absolute atomic E-state index is 12.7. The monoisotopic (exact) mass is 368 g/mol. The molecule has 1 aliphatic heterocycles. The van der Waals surface area contributed by atoms with E-state index >= 15 is 0 Å². The van der Waals surface area contributed by atoms with Gasteiger partial charge in [0.05, 0.1) is 23.8 Å². The van der Waals surface area contributed by atoms with Gasteiger partial charge in [0, 0.05) is 49.4 Å². The van der Waals surface area contributed by atoms with Gasteiger partial charge in [0.25, 0.3) is 5.69 Å². The lowest BCUT2D eigenvalue weighted by molar-refractivity contribution is -0.384. The number of nitro groups is 1. The Morgan fingerprint density at radius 1 is 1.38 bits per heavy atom. The Morgan fingerprint density at radius 3 is 2.81 bits per heavy atom. The molecule has 1 aromatic heterocycles. The van der Waals surface area contributed by atoms with Gasteiger partial charge in [-0.1, -0.05) is 0 Å². The first-order valence-electron chi connectivity index (χ1n) is 7.73. The van der Waals surface area contributed by atoms with Gasteiger partial charge < -0.3 is 4.74 Å². The Labute approximate surface area is 146 Å². The molecule has 0 saturated carbocycles. The van der Waals surface area contributed by atoms with Crippen molar-refractivity contribution in [3.63, 3.8) is 0 Å². The second-order valence-electron chi connectivity index (χ2n) is 5.88. The molecule has 2 heterocycles. The van der Waals surface area contributed by atoms with Crippen molar-refractivity contribution in [2.24, 2.45) is 0 Å². The van der Waals surface area contributed by atoms with E-state index in [1.54, 1.807) is 6.07 Å². The normalized spacial score (nSPS) is 14.8. The van der Waals surface area contributed by atoms with Crippen molar-refractivity contribution in [1.29, 1.82) is 0 Å². The van der Waals surface area contributed by atoms with Crippen molar-refractivity contribution in [2.45, 2.75) is 25.7 Å². The molecule has 0 fully saturated rings. The summed E-state index contributed by atoms with van der Waals surface area (Å²) in [5.41, 5.74) is 1.74. The Kier molecular flexibility index (Phi) is 4.77. The molecular formula is C16H15F3N4O3. The summed E-state index contributed by atoms with van der Waals surface area (Å²) in [6.45, 7) is 1.36. The fraction of sp³-hybridized carbons (Fsp3) is 0.375. The van der Waals surface area contributed by atoms with Crippen LogP contribution in [0.15, 0.2) is 24.4 Å². The number of nitrogens with zero attached hydrogens (tertiary/aromatic N) is 4. The van der Waals surface area contributed by atoms with Gasteiger partial charge in [-0.2, -0.15) is 13.2 Å². The van der Waals surface area contributed by atoms with Gasteiger partial charge in [-0.3, -0.25) is 15.0 Å². The molecular weight excluding hydrogens is 353 g/mol. The molecule has 1 aliphatic rings. The molecule has 26 heavy (non-hydrogen) atoms. The number of hydrogen-bond donors (Lipinski definition) is 0. The highest BCUT2D eigenvalue weighted by molar-refractivity contribution is 5.44. The molecule has 138 valence electrons. The molecule has 0 unspecified atom stereocenters. The number of aromatic nitrogens is 2. The highest BCUT2D eigenvalue weighted by Crippen LogP contribution is 2.29. The van der Waals surface area contributed by atoms with E-state index in [-0.39, 0.29) is 5.69 Å². The predicted molar refractivity (Wildman–Crippen MR) is 84.5 cm³/mol. The zero-order chi connectivity index (χ0) is 18.9. The van der Waals surface area contributed by atoms with Crippen molar-refractivity contribution >= 4 is 5.69 Å². The summed E-state index contributed by atoms with van der Waals surface area (Å²) in [6.07, 6.45) is -2.97. The van der Waals surface area contributed by atoms with Gasteiger partial charge in [-0.25, -0.2) is 9.97 Å². The van der Waals surface area contributed by atoms with E-state index < -0.39 is 16.9 Å². The molecule has 2 aromatic rings. The summed E-state index contributed by atoms with van der Waals surface area (Å²) in [5, 5.41) is 10.9. The molecule has 0 amide bonds. The second-order valence-corrected chi connectivity index (χ2v) is 5.88. The van der Waals surface area contributed by atoms with E-state index in [1.165, 1.54) is 25.4 Å². The van der Waals surface area contributed by atoms with Crippen molar-refractivity contribution in [1.82, 2.24) is 14.9 Å². The minimum atomic E-state index is -4.56. The molecule has 1 aromatic carbocycles. The predicted octanol–water partition coefficient (Wildman–Crippen LogP) is 2.97. The average Bonchev–Trinajstić information content (AvgIpc) is 2.60. The molecule has 10 heteroatoms. The lowest BCUT2D eigenvalue weighted by atomic mass is 10.1. The first-order chi connectivity index (χ1) is 12.3. The van der Waals surface area contributed by atoms with Crippen molar-refractivity contribution < 1.29 is 22.8 Å². The number of nitro benzene ring substituents is 1. The first-order valence-corrected chi connectivity index (χ1v) is 7.73. The smallest absolute Gasteiger partial charge is 0.451 e.